The third-order valence-electron chi connectivity index (χ3n) is 4.90. The van der Waals surface area contributed by atoms with Gasteiger partial charge in [-0.05, 0) is 43.2 Å². The molecular formula is C20H23N3O3. The minimum atomic E-state index is 0.0512. The van der Waals surface area contributed by atoms with Crippen molar-refractivity contribution in [2.45, 2.75) is 13.3 Å². The predicted octanol–water partition coefficient (Wildman–Crippen LogP) is 2.51. The van der Waals surface area contributed by atoms with Crippen molar-refractivity contribution in [3.05, 3.63) is 47.8 Å². The molecule has 1 fully saturated rings. The van der Waals surface area contributed by atoms with Gasteiger partial charge in [0.15, 0.2) is 11.5 Å². The van der Waals surface area contributed by atoms with Gasteiger partial charge in [-0.1, -0.05) is 0 Å². The number of nitrogens with zero attached hydrogens (tertiary/aromatic N) is 3. The molecule has 2 aromatic rings. The van der Waals surface area contributed by atoms with Gasteiger partial charge in [0.25, 0.3) is 5.91 Å². The first-order valence-electron chi connectivity index (χ1n) is 9.07. The van der Waals surface area contributed by atoms with Crippen molar-refractivity contribution in [2.24, 2.45) is 0 Å². The third kappa shape index (κ3) is 3.31. The monoisotopic (exact) mass is 353 g/mol. The normalized spacial score (nSPS) is 17.0. The molecular weight excluding hydrogens is 330 g/mol. The highest BCUT2D eigenvalue weighted by atomic mass is 16.6. The highest BCUT2D eigenvalue weighted by Gasteiger charge is 2.23. The van der Waals surface area contributed by atoms with Crippen molar-refractivity contribution in [2.75, 3.05) is 44.3 Å². The number of rotatable bonds is 2. The zero-order valence-corrected chi connectivity index (χ0v) is 15.0. The molecule has 6 nitrogen and oxygen atoms in total. The maximum absolute atomic E-state index is 12.9. The summed E-state index contributed by atoms with van der Waals surface area (Å²) in [5, 5.41) is 0. The molecule has 2 aliphatic heterocycles. The summed E-state index contributed by atoms with van der Waals surface area (Å²) in [6, 6.07) is 7.50. The van der Waals surface area contributed by atoms with Gasteiger partial charge in [-0.15, -0.1) is 0 Å². The fourth-order valence-electron chi connectivity index (χ4n) is 3.54. The van der Waals surface area contributed by atoms with Crippen LogP contribution < -0.4 is 14.4 Å². The van der Waals surface area contributed by atoms with Gasteiger partial charge in [-0.25, -0.2) is 0 Å². The summed E-state index contributed by atoms with van der Waals surface area (Å²) < 4.78 is 11.1. The number of ether oxygens (including phenoxy) is 2. The number of hydrogen-bond acceptors (Lipinski definition) is 5. The van der Waals surface area contributed by atoms with Crippen LogP contribution in [0.15, 0.2) is 36.7 Å². The van der Waals surface area contributed by atoms with Gasteiger partial charge in [0.05, 0.1) is 0 Å². The van der Waals surface area contributed by atoms with Crippen molar-refractivity contribution in [3.8, 4) is 11.5 Å². The molecule has 1 aromatic carbocycles. The van der Waals surface area contributed by atoms with Gasteiger partial charge in [0.1, 0.15) is 13.2 Å². The number of fused-ring (bicyclic) bond motifs is 1. The Bertz CT molecular complexity index is 809. The van der Waals surface area contributed by atoms with Crippen LogP contribution in [0.1, 0.15) is 22.3 Å². The largest absolute Gasteiger partial charge is 0.486 e. The van der Waals surface area contributed by atoms with Crippen molar-refractivity contribution >= 4 is 11.6 Å². The Morgan fingerprint density at radius 3 is 2.73 bits per heavy atom. The lowest BCUT2D eigenvalue weighted by Gasteiger charge is -2.25. The van der Waals surface area contributed by atoms with Crippen molar-refractivity contribution < 1.29 is 14.3 Å². The standard InChI is InChI=1S/C20H23N3O3/c1-15-14-21-6-5-17(15)22-7-2-8-23(10-9-22)20(24)16-3-4-18-19(13-16)26-12-11-25-18/h3-6,13-14H,2,7-12H2,1H3. The number of anilines is 1. The van der Waals surface area contributed by atoms with Crippen LogP contribution in [0.2, 0.25) is 0 Å². The first-order chi connectivity index (χ1) is 12.7. The van der Waals surface area contributed by atoms with Crippen LogP contribution in [0.4, 0.5) is 5.69 Å². The van der Waals surface area contributed by atoms with E-state index in [0.29, 0.717) is 36.8 Å². The van der Waals surface area contributed by atoms with E-state index in [2.05, 4.69) is 16.8 Å². The van der Waals surface area contributed by atoms with E-state index in [9.17, 15) is 4.79 Å². The molecule has 0 atom stereocenters. The molecule has 26 heavy (non-hydrogen) atoms. The lowest BCUT2D eigenvalue weighted by atomic mass is 10.1. The van der Waals surface area contributed by atoms with Gasteiger partial charge in [0, 0.05) is 49.8 Å². The summed E-state index contributed by atoms with van der Waals surface area (Å²) >= 11 is 0. The van der Waals surface area contributed by atoms with E-state index in [1.807, 2.05) is 35.5 Å². The summed E-state index contributed by atoms with van der Waals surface area (Å²) in [7, 11) is 0. The van der Waals surface area contributed by atoms with Gasteiger partial charge in [-0.2, -0.15) is 0 Å². The molecule has 2 aliphatic rings. The Morgan fingerprint density at radius 2 is 1.88 bits per heavy atom. The smallest absolute Gasteiger partial charge is 0.254 e. The van der Waals surface area contributed by atoms with Crippen LogP contribution in [0, 0.1) is 6.92 Å². The van der Waals surface area contributed by atoms with Crippen LogP contribution in [-0.4, -0.2) is 55.2 Å². The zero-order valence-electron chi connectivity index (χ0n) is 15.0. The van der Waals surface area contributed by atoms with Gasteiger partial charge in [0.2, 0.25) is 0 Å². The van der Waals surface area contributed by atoms with E-state index in [-0.39, 0.29) is 5.91 Å². The number of pyridine rings is 1. The third-order valence-corrected chi connectivity index (χ3v) is 4.90. The molecule has 0 aliphatic carbocycles. The van der Waals surface area contributed by atoms with E-state index < -0.39 is 0 Å². The van der Waals surface area contributed by atoms with Crippen LogP contribution in [-0.2, 0) is 0 Å². The number of benzene rings is 1. The molecule has 0 N–H and O–H groups in total. The minimum Gasteiger partial charge on any atom is -0.486 e. The topological polar surface area (TPSA) is 54.9 Å². The quantitative estimate of drug-likeness (QED) is 0.830. The fourth-order valence-corrected chi connectivity index (χ4v) is 3.54. The van der Waals surface area contributed by atoms with Gasteiger partial charge < -0.3 is 19.3 Å². The summed E-state index contributed by atoms with van der Waals surface area (Å²) in [5.41, 5.74) is 3.02. The average Bonchev–Trinajstić information content (AvgIpc) is 2.93. The average molecular weight is 353 g/mol. The number of hydrogen-bond donors (Lipinski definition) is 0. The molecule has 1 amide bonds. The highest BCUT2D eigenvalue weighted by Crippen LogP contribution is 2.31. The Labute approximate surface area is 153 Å². The lowest BCUT2D eigenvalue weighted by Crippen LogP contribution is -2.35. The van der Waals surface area contributed by atoms with Gasteiger partial charge >= 0.3 is 0 Å². The number of carbonyl (C=O) groups excluding carboxylic acids is 1. The molecule has 6 heteroatoms. The van der Waals surface area contributed by atoms with E-state index >= 15 is 0 Å². The first-order valence-corrected chi connectivity index (χ1v) is 9.07. The lowest BCUT2D eigenvalue weighted by molar-refractivity contribution is 0.0766. The second-order valence-corrected chi connectivity index (χ2v) is 6.65. The summed E-state index contributed by atoms with van der Waals surface area (Å²) in [6.45, 7) is 6.37. The van der Waals surface area contributed by atoms with Crippen LogP contribution in [0.3, 0.4) is 0 Å². The molecule has 1 saturated heterocycles. The maximum atomic E-state index is 12.9. The van der Waals surface area contributed by atoms with E-state index in [1.165, 1.54) is 11.3 Å². The molecule has 0 spiro atoms. The Morgan fingerprint density at radius 1 is 1.04 bits per heavy atom. The number of aryl methyl sites for hydroxylation is 1. The molecule has 1 aromatic heterocycles. The van der Waals surface area contributed by atoms with Gasteiger partial charge in [-0.3, -0.25) is 9.78 Å². The summed E-state index contributed by atoms with van der Waals surface area (Å²) in [6.07, 6.45) is 4.65. The minimum absolute atomic E-state index is 0.0512. The molecule has 0 bridgehead atoms. The molecule has 4 rings (SSSR count). The Kier molecular flexibility index (Phi) is 4.65. The maximum Gasteiger partial charge on any atom is 0.254 e. The molecule has 136 valence electrons. The van der Waals surface area contributed by atoms with E-state index in [4.69, 9.17) is 9.47 Å². The summed E-state index contributed by atoms with van der Waals surface area (Å²) in [4.78, 5) is 21.4. The second-order valence-electron chi connectivity index (χ2n) is 6.65. The second kappa shape index (κ2) is 7.23. The molecule has 0 unspecified atom stereocenters. The Hall–Kier alpha value is -2.76. The molecule has 0 saturated carbocycles. The predicted molar refractivity (Wildman–Crippen MR) is 99.1 cm³/mol. The van der Waals surface area contributed by atoms with Crippen LogP contribution >= 0.6 is 0 Å². The molecule has 0 radical (unpaired) electrons. The van der Waals surface area contributed by atoms with Crippen LogP contribution in [0.5, 0.6) is 11.5 Å². The first kappa shape index (κ1) is 16.7. The zero-order chi connectivity index (χ0) is 17.9. The summed E-state index contributed by atoms with van der Waals surface area (Å²) in [5.74, 6) is 1.42. The SMILES string of the molecule is Cc1cnccc1N1CCCN(C(=O)c2ccc3c(c2)OCCO3)CC1. The Balaban J connectivity index is 1.47. The number of aromatic nitrogens is 1. The van der Waals surface area contributed by atoms with Crippen molar-refractivity contribution in [1.82, 2.24) is 9.88 Å². The van der Waals surface area contributed by atoms with Crippen molar-refractivity contribution in [3.63, 3.8) is 0 Å². The van der Waals surface area contributed by atoms with E-state index in [0.717, 1.165) is 26.1 Å². The van der Waals surface area contributed by atoms with Crippen LogP contribution in [0.25, 0.3) is 0 Å². The fraction of sp³-hybridized carbons (Fsp3) is 0.400. The highest BCUT2D eigenvalue weighted by molar-refractivity contribution is 5.95. The van der Waals surface area contributed by atoms with Crippen molar-refractivity contribution in [1.29, 1.82) is 0 Å². The number of carbonyl (C=O) groups is 1. The van der Waals surface area contributed by atoms with E-state index in [1.54, 1.807) is 6.07 Å². The number of amides is 1. The molecule has 3 heterocycles.